The average Bonchev–Trinajstić information content (AvgIpc) is 2.53. The molecule has 2 N–H and O–H groups in total. The van der Waals surface area contributed by atoms with Crippen molar-refractivity contribution in [2.24, 2.45) is 0 Å². The highest BCUT2D eigenvalue weighted by molar-refractivity contribution is 5.93. The van der Waals surface area contributed by atoms with Crippen LogP contribution in [-0.2, 0) is 0 Å². The molecule has 104 valence electrons. The first-order valence-corrected chi connectivity index (χ1v) is 7.06. The van der Waals surface area contributed by atoms with Crippen LogP contribution in [0.5, 0.6) is 0 Å². The number of nitrogens with zero attached hydrogens (tertiary/aromatic N) is 2. The number of hydrogen-bond acceptors (Lipinski definition) is 4. The fourth-order valence-corrected chi connectivity index (χ4v) is 2.47. The molecule has 1 unspecified atom stereocenters. The molecular formula is C15H18N4O. The molecule has 0 aliphatic carbocycles. The van der Waals surface area contributed by atoms with Crippen LogP contribution in [0.1, 0.15) is 29.8 Å². The summed E-state index contributed by atoms with van der Waals surface area (Å²) in [6, 6.07) is 7.93. The second-order valence-corrected chi connectivity index (χ2v) is 5.10. The number of piperidine rings is 1. The van der Waals surface area contributed by atoms with Crippen LogP contribution in [0.25, 0.3) is 11.0 Å². The quantitative estimate of drug-likeness (QED) is 0.887. The molecule has 2 aromatic rings. The number of nitrogens with one attached hydrogen (secondary N) is 2. The second kappa shape index (κ2) is 5.96. The molecule has 2 heterocycles. The SMILES string of the molecule is O=C(NCC1CCCCN1)c1cnc2ccccc2n1. The Morgan fingerprint density at radius 1 is 1.30 bits per heavy atom. The highest BCUT2D eigenvalue weighted by Gasteiger charge is 2.15. The largest absolute Gasteiger partial charge is 0.349 e. The summed E-state index contributed by atoms with van der Waals surface area (Å²) in [6.07, 6.45) is 5.10. The number of aromatic nitrogens is 2. The number of para-hydroxylation sites is 2. The summed E-state index contributed by atoms with van der Waals surface area (Å²) < 4.78 is 0. The molecule has 0 saturated carbocycles. The Kier molecular flexibility index (Phi) is 3.87. The molecule has 1 atom stereocenters. The van der Waals surface area contributed by atoms with Crippen molar-refractivity contribution in [3.63, 3.8) is 0 Å². The van der Waals surface area contributed by atoms with E-state index in [1.807, 2.05) is 24.3 Å². The van der Waals surface area contributed by atoms with E-state index in [1.54, 1.807) is 0 Å². The van der Waals surface area contributed by atoms with Gasteiger partial charge in [-0.25, -0.2) is 4.98 Å². The monoisotopic (exact) mass is 270 g/mol. The zero-order valence-electron chi connectivity index (χ0n) is 11.3. The lowest BCUT2D eigenvalue weighted by Crippen LogP contribution is -2.43. The smallest absolute Gasteiger partial charge is 0.271 e. The molecule has 3 rings (SSSR count). The zero-order valence-corrected chi connectivity index (χ0v) is 11.3. The third kappa shape index (κ3) is 2.93. The maximum absolute atomic E-state index is 12.1. The molecule has 5 heteroatoms. The van der Waals surface area contributed by atoms with Crippen molar-refractivity contribution in [2.75, 3.05) is 13.1 Å². The summed E-state index contributed by atoms with van der Waals surface area (Å²) in [4.78, 5) is 20.7. The predicted octanol–water partition coefficient (Wildman–Crippen LogP) is 1.50. The summed E-state index contributed by atoms with van der Waals surface area (Å²) in [5, 5.41) is 6.33. The van der Waals surface area contributed by atoms with Crippen LogP contribution < -0.4 is 10.6 Å². The van der Waals surface area contributed by atoms with Crippen molar-refractivity contribution in [3.05, 3.63) is 36.2 Å². The second-order valence-electron chi connectivity index (χ2n) is 5.10. The van der Waals surface area contributed by atoms with Gasteiger partial charge in [0.1, 0.15) is 5.69 Å². The Morgan fingerprint density at radius 3 is 2.95 bits per heavy atom. The van der Waals surface area contributed by atoms with E-state index in [4.69, 9.17) is 0 Å². The number of carbonyl (C=O) groups excluding carboxylic acids is 1. The fourth-order valence-electron chi connectivity index (χ4n) is 2.47. The number of fused-ring (bicyclic) bond motifs is 1. The van der Waals surface area contributed by atoms with E-state index in [2.05, 4.69) is 20.6 Å². The lowest BCUT2D eigenvalue weighted by atomic mass is 10.1. The molecule has 5 nitrogen and oxygen atoms in total. The van der Waals surface area contributed by atoms with E-state index < -0.39 is 0 Å². The van der Waals surface area contributed by atoms with Crippen LogP contribution in [0.15, 0.2) is 30.5 Å². The number of benzene rings is 1. The van der Waals surface area contributed by atoms with Crippen LogP contribution in [0.3, 0.4) is 0 Å². The molecule has 0 spiro atoms. The summed E-state index contributed by atoms with van der Waals surface area (Å²) in [7, 11) is 0. The third-order valence-electron chi connectivity index (χ3n) is 3.60. The van der Waals surface area contributed by atoms with Crippen molar-refractivity contribution in [3.8, 4) is 0 Å². The summed E-state index contributed by atoms with van der Waals surface area (Å²) in [5.74, 6) is -0.157. The number of amides is 1. The normalized spacial score (nSPS) is 18.9. The minimum Gasteiger partial charge on any atom is -0.349 e. The molecule has 0 radical (unpaired) electrons. The van der Waals surface area contributed by atoms with Crippen molar-refractivity contribution in [1.29, 1.82) is 0 Å². The van der Waals surface area contributed by atoms with Gasteiger partial charge in [0.05, 0.1) is 17.2 Å². The number of rotatable bonds is 3. The minimum atomic E-state index is -0.157. The molecule has 1 saturated heterocycles. The van der Waals surface area contributed by atoms with Gasteiger partial charge in [0.25, 0.3) is 5.91 Å². The van der Waals surface area contributed by atoms with Crippen molar-refractivity contribution in [1.82, 2.24) is 20.6 Å². The Balaban J connectivity index is 1.65. The standard InChI is InChI=1S/C15H18N4O/c20-15(18-9-11-5-3-4-8-16-11)14-10-17-12-6-1-2-7-13(12)19-14/h1-2,6-7,10-11,16H,3-5,8-9H2,(H,18,20). The topological polar surface area (TPSA) is 66.9 Å². The highest BCUT2D eigenvalue weighted by Crippen LogP contribution is 2.09. The summed E-state index contributed by atoms with van der Waals surface area (Å²) >= 11 is 0. The van der Waals surface area contributed by atoms with Gasteiger partial charge in [-0.3, -0.25) is 9.78 Å². The van der Waals surface area contributed by atoms with Crippen LogP contribution in [0.4, 0.5) is 0 Å². The number of hydrogen-bond donors (Lipinski definition) is 2. The van der Waals surface area contributed by atoms with E-state index in [9.17, 15) is 4.79 Å². The third-order valence-corrected chi connectivity index (χ3v) is 3.60. The summed E-state index contributed by atoms with van der Waals surface area (Å²) in [5.41, 5.74) is 1.92. The van der Waals surface area contributed by atoms with E-state index >= 15 is 0 Å². The predicted molar refractivity (Wildman–Crippen MR) is 77.5 cm³/mol. The van der Waals surface area contributed by atoms with E-state index in [1.165, 1.54) is 19.0 Å². The molecule has 1 aliphatic heterocycles. The van der Waals surface area contributed by atoms with Gasteiger partial charge in [0.15, 0.2) is 0 Å². The van der Waals surface area contributed by atoms with Gasteiger partial charge in [-0.2, -0.15) is 0 Å². The van der Waals surface area contributed by atoms with Crippen molar-refractivity contribution in [2.45, 2.75) is 25.3 Å². The lowest BCUT2D eigenvalue weighted by molar-refractivity contribution is 0.0943. The van der Waals surface area contributed by atoms with Crippen molar-refractivity contribution >= 4 is 16.9 Å². The first-order valence-electron chi connectivity index (χ1n) is 7.06. The van der Waals surface area contributed by atoms with Gasteiger partial charge in [-0.05, 0) is 31.5 Å². The Hall–Kier alpha value is -2.01. The molecule has 1 aromatic heterocycles. The zero-order chi connectivity index (χ0) is 13.8. The van der Waals surface area contributed by atoms with Crippen LogP contribution in [-0.4, -0.2) is 35.0 Å². The van der Waals surface area contributed by atoms with Gasteiger partial charge < -0.3 is 10.6 Å². The molecule has 0 bridgehead atoms. The van der Waals surface area contributed by atoms with Crippen molar-refractivity contribution < 1.29 is 4.79 Å². The molecular weight excluding hydrogens is 252 g/mol. The lowest BCUT2D eigenvalue weighted by Gasteiger charge is -2.23. The molecule has 1 fully saturated rings. The van der Waals surface area contributed by atoms with E-state index in [0.29, 0.717) is 18.3 Å². The van der Waals surface area contributed by atoms with Gasteiger partial charge in [0.2, 0.25) is 0 Å². The summed E-state index contributed by atoms with van der Waals surface area (Å²) in [6.45, 7) is 1.68. The molecule has 1 aromatic carbocycles. The van der Waals surface area contributed by atoms with Gasteiger partial charge in [-0.15, -0.1) is 0 Å². The fraction of sp³-hybridized carbons (Fsp3) is 0.400. The molecule has 20 heavy (non-hydrogen) atoms. The Labute approximate surface area is 117 Å². The number of carbonyl (C=O) groups is 1. The highest BCUT2D eigenvalue weighted by atomic mass is 16.1. The van der Waals surface area contributed by atoms with Gasteiger partial charge >= 0.3 is 0 Å². The van der Waals surface area contributed by atoms with E-state index in [0.717, 1.165) is 24.0 Å². The Morgan fingerprint density at radius 2 is 2.15 bits per heavy atom. The Bertz CT molecular complexity index is 608. The average molecular weight is 270 g/mol. The molecule has 1 aliphatic rings. The maximum Gasteiger partial charge on any atom is 0.271 e. The first kappa shape index (κ1) is 13.0. The van der Waals surface area contributed by atoms with Gasteiger partial charge in [0, 0.05) is 12.6 Å². The van der Waals surface area contributed by atoms with E-state index in [-0.39, 0.29) is 5.91 Å². The van der Waals surface area contributed by atoms with Crippen LogP contribution >= 0.6 is 0 Å². The molecule has 1 amide bonds. The first-order chi connectivity index (χ1) is 9.83. The maximum atomic E-state index is 12.1. The van der Waals surface area contributed by atoms with Crippen LogP contribution in [0.2, 0.25) is 0 Å². The van der Waals surface area contributed by atoms with Crippen LogP contribution in [0, 0.1) is 0 Å². The van der Waals surface area contributed by atoms with Gasteiger partial charge in [-0.1, -0.05) is 18.6 Å². The minimum absolute atomic E-state index is 0.157.